The van der Waals surface area contributed by atoms with E-state index in [2.05, 4.69) is 31.3 Å². The van der Waals surface area contributed by atoms with Crippen LogP contribution in [-0.4, -0.2) is 33.9 Å². The van der Waals surface area contributed by atoms with Crippen LogP contribution in [0.4, 0.5) is 5.95 Å². The summed E-state index contributed by atoms with van der Waals surface area (Å²) in [6, 6.07) is 4.04. The minimum atomic E-state index is 0.186. The molecule has 5 nitrogen and oxygen atoms in total. The maximum atomic E-state index is 5.33. The fraction of sp³-hybridized carbons (Fsp3) is 0.455. The van der Waals surface area contributed by atoms with Crippen LogP contribution in [-0.2, 0) is 4.74 Å². The molecule has 0 aliphatic rings. The minimum Gasteiger partial charge on any atom is -0.380 e. The van der Waals surface area contributed by atoms with Crippen molar-refractivity contribution in [3.8, 4) is 0 Å². The number of hydrogen-bond acceptors (Lipinski definition) is 4. The van der Waals surface area contributed by atoms with Crippen LogP contribution in [0.15, 0.2) is 22.8 Å². The molecule has 2 rings (SSSR count). The van der Waals surface area contributed by atoms with Gasteiger partial charge in [-0.3, -0.25) is 0 Å². The van der Waals surface area contributed by atoms with Gasteiger partial charge in [-0.2, -0.15) is 4.98 Å². The Morgan fingerprint density at radius 3 is 3.12 bits per heavy atom. The van der Waals surface area contributed by atoms with E-state index in [1.807, 2.05) is 32.2 Å². The number of hydrogen-bond donors (Lipinski definition) is 1. The lowest BCUT2D eigenvalue weighted by Gasteiger charge is -2.11. The molecule has 0 aliphatic heterocycles. The molecule has 2 aromatic heterocycles. The lowest BCUT2D eigenvalue weighted by Crippen LogP contribution is -2.22. The van der Waals surface area contributed by atoms with Crippen molar-refractivity contribution in [2.24, 2.45) is 0 Å². The zero-order valence-corrected chi connectivity index (χ0v) is 11.4. The summed E-state index contributed by atoms with van der Waals surface area (Å²) in [5, 5.41) is 7.53. The highest BCUT2D eigenvalue weighted by Gasteiger charge is 2.08. The fourth-order valence-electron chi connectivity index (χ4n) is 1.49. The van der Waals surface area contributed by atoms with Crippen molar-refractivity contribution in [3.63, 3.8) is 0 Å². The Labute approximate surface area is 108 Å². The second-order valence-electron chi connectivity index (χ2n) is 3.76. The van der Waals surface area contributed by atoms with Gasteiger partial charge in [0.15, 0.2) is 5.65 Å². The zero-order valence-electron chi connectivity index (χ0n) is 9.85. The summed E-state index contributed by atoms with van der Waals surface area (Å²) in [6.45, 7) is 5.38. The van der Waals surface area contributed by atoms with Crippen molar-refractivity contribution in [2.45, 2.75) is 19.9 Å². The standard InChI is InChI=1S/C11H15BrN4O/c1-3-17-7-8(2)13-11-14-10-9(12)5-4-6-16(10)15-11/h4-6,8H,3,7H2,1-2H3,(H,13,15). The molecule has 17 heavy (non-hydrogen) atoms. The smallest absolute Gasteiger partial charge is 0.243 e. The van der Waals surface area contributed by atoms with Crippen molar-refractivity contribution in [2.75, 3.05) is 18.5 Å². The maximum Gasteiger partial charge on any atom is 0.243 e. The number of rotatable bonds is 5. The van der Waals surface area contributed by atoms with Crippen LogP contribution in [0, 0.1) is 0 Å². The van der Waals surface area contributed by atoms with Crippen LogP contribution < -0.4 is 5.32 Å². The number of aromatic nitrogens is 3. The van der Waals surface area contributed by atoms with E-state index in [0.29, 0.717) is 12.6 Å². The van der Waals surface area contributed by atoms with Crippen molar-refractivity contribution >= 4 is 27.5 Å². The minimum absolute atomic E-state index is 0.186. The Morgan fingerprint density at radius 1 is 1.59 bits per heavy atom. The Balaban J connectivity index is 2.11. The number of ether oxygens (including phenoxy) is 1. The first kappa shape index (κ1) is 12.3. The van der Waals surface area contributed by atoms with Crippen molar-refractivity contribution in [3.05, 3.63) is 22.8 Å². The predicted molar refractivity (Wildman–Crippen MR) is 70.3 cm³/mol. The first-order chi connectivity index (χ1) is 8.20. The van der Waals surface area contributed by atoms with E-state index in [1.54, 1.807) is 4.52 Å². The number of nitrogens with zero attached hydrogens (tertiary/aromatic N) is 3. The van der Waals surface area contributed by atoms with Crippen molar-refractivity contribution in [1.29, 1.82) is 0 Å². The number of fused-ring (bicyclic) bond motifs is 1. The van der Waals surface area contributed by atoms with Gasteiger partial charge in [-0.25, -0.2) is 4.52 Å². The molecule has 0 saturated carbocycles. The van der Waals surface area contributed by atoms with E-state index in [4.69, 9.17) is 4.74 Å². The average Bonchev–Trinajstić information content (AvgIpc) is 2.70. The summed E-state index contributed by atoms with van der Waals surface area (Å²) < 4.78 is 8.00. The second kappa shape index (κ2) is 5.46. The molecule has 0 aliphatic carbocycles. The highest BCUT2D eigenvalue weighted by Crippen LogP contribution is 2.16. The number of nitrogens with one attached hydrogen (secondary N) is 1. The molecule has 1 unspecified atom stereocenters. The number of pyridine rings is 1. The molecule has 0 bridgehead atoms. The number of halogens is 1. The van der Waals surface area contributed by atoms with Crippen LogP contribution in [0.1, 0.15) is 13.8 Å². The Hall–Kier alpha value is -1.14. The topological polar surface area (TPSA) is 51.5 Å². The van der Waals surface area contributed by atoms with Gasteiger partial charge in [0.25, 0.3) is 0 Å². The molecule has 0 aromatic carbocycles. The van der Waals surface area contributed by atoms with Crippen molar-refractivity contribution in [1.82, 2.24) is 14.6 Å². The molecule has 1 N–H and O–H groups in total. The predicted octanol–water partition coefficient (Wildman–Crippen LogP) is 2.33. The van der Waals surface area contributed by atoms with Gasteiger partial charge in [0.05, 0.1) is 11.1 Å². The molecule has 92 valence electrons. The summed E-state index contributed by atoms with van der Waals surface area (Å²) in [5.74, 6) is 0.615. The third kappa shape index (κ3) is 2.95. The quantitative estimate of drug-likeness (QED) is 0.920. The lowest BCUT2D eigenvalue weighted by molar-refractivity contribution is 0.141. The van der Waals surface area contributed by atoms with Crippen LogP contribution in [0.3, 0.4) is 0 Å². The zero-order chi connectivity index (χ0) is 12.3. The Morgan fingerprint density at radius 2 is 2.41 bits per heavy atom. The Bertz CT molecular complexity index is 499. The third-order valence-electron chi connectivity index (χ3n) is 2.26. The van der Waals surface area contributed by atoms with Crippen molar-refractivity contribution < 1.29 is 4.74 Å². The van der Waals surface area contributed by atoms with E-state index in [1.165, 1.54) is 0 Å². The largest absolute Gasteiger partial charge is 0.380 e. The first-order valence-corrected chi connectivity index (χ1v) is 6.35. The summed E-state index contributed by atoms with van der Waals surface area (Å²) in [4.78, 5) is 4.40. The van der Waals surface area contributed by atoms with Gasteiger partial charge < -0.3 is 10.1 Å². The molecule has 2 heterocycles. The van der Waals surface area contributed by atoms with Gasteiger partial charge >= 0.3 is 0 Å². The van der Waals surface area contributed by atoms with E-state index >= 15 is 0 Å². The first-order valence-electron chi connectivity index (χ1n) is 5.56. The summed E-state index contributed by atoms with van der Waals surface area (Å²) in [7, 11) is 0. The molecule has 0 saturated heterocycles. The van der Waals surface area contributed by atoms with E-state index in [9.17, 15) is 0 Å². The molecular weight excluding hydrogens is 284 g/mol. The van der Waals surface area contributed by atoms with Gasteiger partial charge in [0.2, 0.25) is 5.95 Å². The van der Waals surface area contributed by atoms with E-state index in [-0.39, 0.29) is 6.04 Å². The van der Waals surface area contributed by atoms with Gasteiger partial charge in [-0.05, 0) is 41.9 Å². The average molecular weight is 299 g/mol. The maximum absolute atomic E-state index is 5.33. The van der Waals surface area contributed by atoms with Gasteiger partial charge in [-0.15, -0.1) is 5.10 Å². The van der Waals surface area contributed by atoms with E-state index < -0.39 is 0 Å². The second-order valence-corrected chi connectivity index (χ2v) is 4.62. The Kier molecular flexibility index (Phi) is 3.96. The summed E-state index contributed by atoms with van der Waals surface area (Å²) in [6.07, 6.45) is 1.87. The molecule has 1 atom stereocenters. The summed E-state index contributed by atoms with van der Waals surface area (Å²) >= 11 is 3.44. The monoisotopic (exact) mass is 298 g/mol. The molecule has 6 heteroatoms. The van der Waals surface area contributed by atoms with Gasteiger partial charge in [0.1, 0.15) is 0 Å². The molecular formula is C11H15BrN4O. The molecule has 0 fully saturated rings. The lowest BCUT2D eigenvalue weighted by atomic mass is 10.4. The molecule has 0 amide bonds. The van der Waals surface area contributed by atoms with Crippen LogP contribution in [0.25, 0.3) is 5.65 Å². The fourth-order valence-corrected chi connectivity index (χ4v) is 1.91. The highest BCUT2D eigenvalue weighted by molar-refractivity contribution is 9.10. The molecule has 0 spiro atoms. The third-order valence-corrected chi connectivity index (χ3v) is 2.88. The van der Waals surface area contributed by atoms with Crippen LogP contribution in [0.5, 0.6) is 0 Å². The normalized spacial score (nSPS) is 12.9. The van der Waals surface area contributed by atoms with E-state index in [0.717, 1.165) is 16.7 Å². The van der Waals surface area contributed by atoms with Gasteiger partial charge in [-0.1, -0.05) is 0 Å². The SMILES string of the molecule is CCOCC(C)Nc1nc2c(Br)cccn2n1. The highest BCUT2D eigenvalue weighted by atomic mass is 79.9. The molecule has 0 radical (unpaired) electrons. The van der Waals surface area contributed by atoms with Crippen LogP contribution in [0.2, 0.25) is 0 Å². The molecule has 2 aromatic rings. The van der Waals surface area contributed by atoms with Gasteiger partial charge in [0, 0.05) is 18.8 Å². The number of anilines is 1. The summed E-state index contributed by atoms with van der Waals surface area (Å²) in [5.41, 5.74) is 0.804. The van der Waals surface area contributed by atoms with Crippen LogP contribution >= 0.6 is 15.9 Å².